The smallest absolute Gasteiger partial charge is 0.306 e. The average molecular weight is 921 g/mol. The van der Waals surface area contributed by atoms with Crippen LogP contribution in [-0.4, -0.2) is 116 Å². The number of H-pyrrole nitrogens is 1. The molecule has 0 bridgehead atoms. The third kappa shape index (κ3) is 34.6. The third-order valence-corrected chi connectivity index (χ3v) is 11.7. The van der Waals surface area contributed by atoms with Gasteiger partial charge in [0.15, 0.2) is 11.6 Å². The van der Waals surface area contributed by atoms with Crippen LogP contribution in [0, 0.1) is 11.3 Å². The quantitative estimate of drug-likeness (QED) is 0.0453. The highest BCUT2D eigenvalue weighted by atomic mass is 16.5. The first-order chi connectivity index (χ1) is 31.4. The highest BCUT2D eigenvalue weighted by molar-refractivity contribution is 5.94. The number of hydrogen-bond acceptors (Lipinski definition) is 12. The van der Waals surface area contributed by atoms with Crippen LogP contribution in [0.5, 0.6) is 0 Å². The number of hydrogen-bond donors (Lipinski definition) is 4. The number of nitrogens with one attached hydrogen (secondary N) is 2. The lowest BCUT2D eigenvalue weighted by Gasteiger charge is -2.25. The van der Waals surface area contributed by atoms with E-state index in [1.54, 1.807) is 20.0 Å². The highest BCUT2D eigenvalue weighted by Crippen LogP contribution is 2.28. The molecular weight excluding hydrogens is 833 g/mol. The minimum Gasteiger partial charge on any atom is -0.481 e. The number of unbranched alkanes of at least 4 members (excludes halogenated alkanes) is 16. The Labute approximate surface area is 390 Å². The first-order valence-corrected chi connectivity index (χ1v) is 25.0. The number of nitrogens with zero attached hydrogens (tertiary/aromatic N) is 1. The maximum Gasteiger partial charge on any atom is 0.306 e. The largest absolute Gasteiger partial charge is 0.481 e. The molecular formula is C50H88N4O11. The Morgan fingerprint density at radius 3 is 1.78 bits per heavy atom. The van der Waals surface area contributed by atoms with Gasteiger partial charge in [0.1, 0.15) is 24.8 Å². The molecule has 0 aliphatic heterocycles. The summed E-state index contributed by atoms with van der Waals surface area (Å²) in [5.41, 5.74) is 5.71. The first kappa shape index (κ1) is 59.6. The van der Waals surface area contributed by atoms with Crippen molar-refractivity contribution < 1.29 is 52.8 Å². The number of rotatable bonds is 48. The SMILES string of the molecule is CCCCCCCCCCCCCCCCCC(=O)CCCOCCOCC(=O)NCCOCCOCC(=O)CCCCC[C@H](CC(=O)C(C)(C)CC(=O)[C@@H](N)Cc1cnc[nH]1)C(=O)O. The third-order valence-electron chi connectivity index (χ3n) is 11.7. The van der Waals surface area contributed by atoms with Crippen molar-refractivity contribution >= 4 is 35.0 Å². The van der Waals surface area contributed by atoms with Gasteiger partial charge in [0.05, 0.1) is 51.3 Å². The van der Waals surface area contributed by atoms with Crippen LogP contribution in [0.15, 0.2) is 12.5 Å². The molecule has 1 aromatic rings. The van der Waals surface area contributed by atoms with Gasteiger partial charge in [-0.15, -0.1) is 0 Å². The minimum atomic E-state index is -1.06. The van der Waals surface area contributed by atoms with Crippen LogP contribution in [0.3, 0.4) is 0 Å². The summed E-state index contributed by atoms with van der Waals surface area (Å²) in [7, 11) is 0. The van der Waals surface area contributed by atoms with Crippen molar-refractivity contribution in [1.82, 2.24) is 15.3 Å². The number of ether oxygens (including phenoxy) is 4. The van der Waals surface area contributed by atoms with Crippen LogP contribution in [0.4, 0.5) is 0 Å². The van der Waals surface area contributed by atoms with Crippen molar-refractivity contribution in [2.75, 3.05) is 59.4 Å². The Morgan fingerprint density at radius 1 is 0.677 bits per heavy atom. The number of amides is 1. The van der Waals surface area contributed by atoms with Crippen LogP contribution in [-0.2, 0) is 54.1 Å². The van der Waals surface area contributed by atoms with Crippen LogP contribution in [0.2, 0.25) is 0 Å². The van der Waals surface area contributed by atoms with Crippen molar-refractivity contribution in [2.24, 2.45) is 17.1 Å². The number of Topliss-reactive ketones (excluding diaryl/α,β-unsaturated/α-hetero) is 4. The van der Waals surface area contributed by atoms with E-state index in [2.05, 4.69) is 22.2 Å². The zero-order valence-corrected chi connectivity index (χ0v) is 40.6. The van der Waals surface area contributed by atoms with E-state index >= 15 is 0 Å². The summed E-state index contributed by atoms with van der Waals surface area (Å²) < 4.78 is 21.7. The minimum absolute atomic E-state index is 0.0511. The number of ketones is 4. The summed E-state index contributed by atoms with van der Waals surface area (Å²) in [6.45, 7) is 7.63. The zero-order chi connectivity index (χ0) is 47.8. The molecule has 0 unspecified atom stereocenters. The normalized spacial score (nSPS) is 12.6. The second-order valence-electron chi connectivity index (χ2n) is 18.2. The molecule has 0 aliphatic carbocycles. The summed E-state index contributed by atoms with van der Waals surface area (Å²) >= 11 is 0. The number of imidazole rings is 1. The van der Waals surface area contributed by atoms with Gasteiger partial charge in [-0.25, -0.2) is 4.98 Å². The Bertz CT molecular complexity index is 1410. The van der Waals surface area contributed by atoms with Crippen molar-refractivity contribution in [2.45, 2.75) is 194 Å². The maximum absolute atomic E-state index is 13.0. The van der Waals surface area contributed by atoms with E-state index < -0.39 is 23.3 Å². The van der Waals surface area contributed by atoms with E-state index in [1.807, 2.05) is 0 Å². The molecule has 15 nitrogen and oxygen atoms in total. The molecule has 2 atom stereocenters. The number of aliphatic carboxylic acids is 1. The molecule has 5 N–H and O–H groups in total. The molecule has 1 amide bonds. The van der Waals surface area contributed by atoms with Crippen molar-refractivity contribution in [1.29, 1.82) is 0 Å². The Balaban J connectivity index is 1.92. The van der Waals surface area contributed by atoms with E-state index in [0.29, 0.717) is 76.9 Å². The van der Waals surface area contributed by atoms with E-state index in [-0.39, 0.29) is 82.2 Å². The fourth-order valence-corrected chi connectivity index (χ4v) is 7.48. The van der Waals surface area contributed by atoms with Gasteiger partial charge in [-0.3, -0.25) is 28.8 Å². The number of aromatic amines is 1. The molecule has 0 radical (unpaired) electrons. The molecule has 1 heterocycles. The fourth-order valence-electron chi connectivity index (χ4n) is 7.48. The lowest BCUT2D eigenvalue weighted by molar-refractivity contribution is -0.145. The van der Waals surface area contributed by atoms with Gasteiger partial charge >= 0.3 is 5.97 Å². The summed E-state index contributed by atoms with van der Waals surface area (Å²) in [6.07, 6.45) is 27.1. The van der Waals surface area contributed by atoms with Crippen LogP contribution in [0.25, 0.3) is 0 Å². The monoisotopic (exact) mass is 921 g/mol. The highest BCUT2D eigenvalue weighted by Gasteiger charge is 2.35. The van der Waals surface area contributed by atoms with Crippen LogP contribution >= 0.6 is 0 Å². The van der Waals surface area contributed by atoms with Crippen molar-refractivity contribution in [3.63, 3.8) is 0 Å². The molecule has 0 aliphatic rings. The molecule has 0 spiro atoms. The topological polar surface area (TPSA) is 226 Å². The van der Waals surface area contributed by atoms with Gasteiger partial charge in [-0.05, 0) is 25.7 Å². The summed E-state index contributed by atoms with van der Waals surface area (Å²) in [6, 6.07) is -0.797. The summed E-state index contributed by atoms with van der Waals surface area (Å²) in [5, 5.41) is 12.4. The molecule has 0 aromatic carbocycles. The molecule has 374 valence electrons. The molecule has 0 saturated carbocycles. The van der Waals surface area contributed by atoms with Gasteiger partial charge < -0.3 is 40.1 Å². The molecule has 0 saturated heterocycles. The molecule has 0 fully saturated rings. The van der Waals surface area contributed by atoms with Gasteiger partial charge in [-0.2, -0.15) is 0 Å². The van der Waals surface area contributed by atoms with Crippen molar-refractivity contribution in [3.8, 4) is 0 Å². The van der Waals surface area contributed by atoms with E-state index in [4.69, 9.17) is 24.7 Å². The number of nitrogens with two attached hydrogens (primary N) is 1. The van der Waals surface area contributed by atoms with Gasteiger partial charge in [0, 0.05) is 69.0 Å². The maximum atomic E-state index is 13.0. The van der Waals surface area contributed by atoms with E-state index in [9.17, 15) is 33.9 Å². The van der Waals surface area contributed by atoms with Gasteiger partial charge in [-0.1, -0.05) is 124 Å². The first-order valence-electron chi connectivity index (χ1n) is 25.0. The van der Waals surface area contributed by atoms with Crippen LogP contribution < -0.4 is 11.1 Å². The number of aromatic nitrogens is 2. The van der Waals surface area contributed by atoms with E-state index in [1.165, 1.54) is 89.8 Å². The Morgan fingerprint density at radius 2 is 1.20 bits per heavy atom. The second-order valence-corrected chi connectivity index (χ2v) is 18.2. The summed E-state index contributed by atoms with van der Waals surface area (Å²) in [5.74, 6) is -2.53. The van der Waals surface area contributed by atoms with Crippen LogP contribution in [0.1, 0.15) is 187 Å². The van der Waals surface area contributed by atoms with Gasteiger partial charge in [0.25, 0.3) is 0 Å². The lowest BCUT2D eigenvalue weighted by atomic mass is 9.77. The average Bonchev–Trinajstić information content (AvgIpc) is 3.79. The standard InChI is InChI=1S/C50H88N4O11/c1-4-5-6-7-8-9-10-11-12-13-14-15-16-17-20-24-43(55)26-22-28-62-30-33-65-39-48(59)53-27-29-63-31-32-64-38-44(56)25-21-18-19-23-41(49(60)61)34-47(58)50(2,3)36-46(57)45(51)35-42-37-52-40-54-42/h37,40-41,45H,4-36,38-39,51H2,1-3H3,(H,52,54)(H,53,59)(H,60,61)/t41-,45+/m1/s1. The second kappa shape index (κ2) is 39.8. The predicted octanol–water partition coefficient (Wildman–Crippen LogP) is 8.24. The predicted molar refractivity (Wildman–Crippen MR) is 253 cm³/mol. The van der Waals surface area contributed by atoms with Crippen molar-refractivity contribution in [3.05, 3.63) is 18.2 Å². The number of carboxylic acids is 1. The molecule has 65 heavy (non-hydrogen) atoms. The fraction of sp³-hybridized carbons (Fsp3) is 0.820. The number of carbonyl (C=O) groups excluding carboxylic acids is 5. The molecule has 1 aromatic heterocycles. The molecule has 15 heteroatoms. The Hall–Kier alpha value is -3.37. The number of carbonyl (C=O) groups is 6. The lowest BCUT2D eigenvalue weighted by Crippen LogP contribution is -2.38. The zero-order valence-electron chi connectivity index (χ0n) is 40.6. The van der Waals surface area contributed by atoms with E-state index in [0.717, 1.165) is 18.5 Å². The summed E-state index contributed by atoms with van der Waals surface area (Å²) in [4.78, 5) is 80.8. The molecule has 1 rings (SSSR count). The number of carboxylic acid groups (broad SMARTS) is 1. The Kier molecular flexibility index (Phi) is 36.5. The van der Waals surface area contributed by atoms with Gasteiger partial charge in [0.2, 0.25) is 5.91 Å².